The van der Waals surface area contributed by atoms with Crippen LogP contribution < -0.4 is 10.6 Å². The number of benzene rings is 2. The fourth-order valence-electron chi connectivity index (χ4n) is 3.92. The van der Waals surface area contributed by atoms with E-state index < -0.39 is 0 Å². The molecule has 5 rings (SSSR count). The van der Waals surface area contributed by atoms with Crippen molar-refractivity contribution in [2.75, 3.05) is 10.6 Å². The van der Waals surface area contributed by atoms with Crippen LogP contribution in [0.5, 0.6) is 0 Å². The second kappa shape index (κ2) is 6.41. The monoisotopic (exact) mass is 343 g/mol. The number of nitrogens with zero attached hydrogens (tertiary/aromatic N) is 3. The van der Waals surface area contributed by atoms with Crippen molar-refractivity contribution >= 4 is 17.6 Å². The van der Waals surface area contributed by atoms with Crippen molar-refractivity contribution in [1.29, 1.82) is 0 Å². The molecule has 26 heavy (non-hydrogen) atoms. The first-order chi connectivity index (χ1) is 12.8. The van der Waals surface area contributed by atoms with E-state index in [4.69, 9.17) is 0 Å². The van der Waals surface area contributed by atoms with Crippen LogP contribution in [0.3, 0.4) is 0 Å². The van der Waals surface area contributed by atoms with Crippen molar-refractivity contribution < 1.29 is 0 Å². The quantitative estimate of drug-likeness (QED) is 0.714. The van der Waals surface area contributed by atoms with Crippen LogP contribution in [0.4, 0.5) is 17.6 Å². The van der Waals surface area contributed by atoms with Crippen molar-refractivity contribution in [3.8, 4) is 11.4 Å². The molecular formula is C21H21N5. The van der Waals surface area contributed by atoms with Gasteiger partial charge in [-0.1, -0.05) is 48.5 Å². The highest BCUT2D eigenvalue weighted by Gasteiger charge is 2.47. The first-order valence-corrected chi connectivity index (χ1v) is 9.25. The smallest absolute Gasteiger partial charge is 0.232 e. The van der Waals surface area contributed by atoms with Crippen molar-refractivity contribution in [1.82, 2.24) is 15.0 Å². The molecule has 2 fully saturated rings. The summed E-state index contributed by atoms with van der Waals surface area (Å²) in [6.45, 7) is 0. The molecule has 0 aliphatic heterocycles. The number of rotatable bonds is 5. The average Bonchev–Trinajstić information content (AvgIpc) is 2.67. The molecule has 2 N–H and O–H groups in total. The summed E-state index contributed by atoms with van der Waals surface area (Å²) >= 11 is 0. The lowest BCUT2D eigenvalue weighted by atomic mass is 9.56. The molecule has 2 aliphatic carbocycles. The van der Waals surface area contributed by atoms with E-state index in [-0.39, 0.29) is 0 Å². The molecule has 2 saturated carbocycles. The van der Waals surface area contributed by atoms with Gasteiger partial charge < -0.3 is 10.6 Å². The maximum atomic E-state index is 4.68. The lowest BCUT2D eigenvalue weighted by Gasteiger charge is -2.53. The minimum absolute atomic E-state index is 0.504. The number of nitrogens with one attached hydrogen (secondary N) is 2. The van der Waals surface area contributed by atoms with Gasteiger partial charge in [-0.3, -0.25) is 0 Å². The molecule has 2 aliphatic rings. The zero-order chi connectivity index (χ0) is 17.3. The Kier molecular flexibility index (Phi) is 3.77. The summed E-state index contributed by atoms with van der Waals surface area (Å²) in [5.74, 6) is 3.64. The van der Waals surface area contributed by atoms with Gasteiger partial charge in [-0.15, -0.1) is 0 Å². The normalized spacial score (nSPS) is 23.3. The largest absolute Gasteiger partial charge is 0.351 e. The van der Waals surface area contributed by atoms with Gasteiger partial charge in [-0.05, 0) is 43.2 Å². The highest BCUT2D eigenvalue weighted by atomic mass is 15.2. The van der Waals surface area contributed by atoms with Gasteiger partial charge in [-0.2, -0.15) is 15.0 Å². The van der Waals surface area contributed by atoms with Crippen molar-refractivity contribution in [2.24, 2.45) is 11.8 Å². The van der Waals surface area contributed by atoms with Crippen LogP contribution >= 0.6 is 0 Å². The first kappa shape index (κ1) is 15.3. The van der Waals surface area contributed by atoms with E-state index in [1.54, 1.807) is 0 Å². The van der Waals surface area contributed by atoms with E-state index in [0.717, 1.165) is 23.1 Å². The number of fused-ring (bicyclic) bond motifs is 1. The average molecular weight is 343 g/mol. The third-order valence-corrected chi connectivity index (χ3v) is 5.56. The molecule has 0 radical (unpaired) electrons. The van der Waals surface area contributed by atoms with E-state index in [1.165, 1.54) is 19.3 Å². The summed E-state index contributed by atoms with van der Waals surface area (Å²) in [5.41, 5.74) is 1.95. The molecule has 130 valence electrons. The van der Waals surface area contributed by atoms with Gasteiger partial charge >= 0.3 is 0 Å². The number of anilines is 3. The highest BCUT2D eigenvalue weighted by molar-refractivity contribution is 5.61. The lowest BCUT2D eigenvalue weighted by Crippen LogP contribution is -2.52. The Hall–Kier alpha value is -2.95. The molecule has 0 saturated heterocycles. The minimum atomic E-state index is 0.504. The van der Waals surface area contributed by atoms with Gasteiger partial charge in [0.1, 0.15) is 0 Å². The van der Waals surface area contributed by atoms with Crippen LogP contribution in [0.15, 0.2) is 60.7 Å². The fourth-order valence-corrected chi connectivity index (χ4v) is 3.92. The first-order valence-electron chi connectivity index (χ1n) is 9.25. The van der Waals surface area contributed by atoms with Crippen molar-refractivity contribution in [2.45, 2.75) is 25.3 Å². The maximum absolute atomic E-state index is 4.68. The zero-order valence-corrected chi connectivity index (χ0v) is 14.5. The van der Waals surface area contributed by atoms with E-state index in [9.17, 15) is 0 Å². The van der Waals surface area contributed by atoms with Gasteiger partial charge in [0.05, 0.1) is 0 Å². The topological polar surface area (TPSA) is 62.7 Å². The third-order valence-electron chi connectivity index (χ3n) is 5.56. The molecule has 0 amide bonds. The van der Waals surface area contributed by atoms with E-state index in [1.807, 2.05) is 60.7 Å². The number of hydrogen-bond donors (Lipinski definition) is 2. The second-order valence-electron chi connectivity index (χ2n) is 7.15. The van der Waals surface area contributed by atoms with Gasteiger partial charge in [0.15, 0.2) is 5.82 Å². The molecule has 3 aromatic rings. The fraction of sp³-hybridized carbons (Fsp3) is 0.286. The third kappa shape index (κ3) is 2.90. The Labute approximate surface area is 152 Å². The van der Waals surface area contributed by atoms with Gasteiger partial charge in [0.25, 0.3) is 0 Å². The Morgan fingerprint density at radius 1 is 0.769 bits per heavy atom. The number of hydrogen-bond acceptors (Lipinski definition) is 5. The molecule has 3 atom stereocenters. The predicted molar refractivity (Wildman–Crippen MR) is 103 cm³/mol. The van der Waals surface area contributed by atoms with Crippen molar-refractivity contribution in [3.05, 3.63) is 60.7 Å². The summed E-state index contributed by atoms with van der Waals surface area (Å²) < 4.78 is 0. The minimum Gasteiger partial charge on any atom is -0.351 e. The second-order valence-corrected chi connectivity index (χ2v) is 7.15. The van der Waals surface area contributed by atoms with E-state index >= 15 is 0 Å². The number of para-hydroxylation sites is 1. The van der Waals surface area contributed by atoms with Crippen molar-refractivity contribution in [3.63, 3.8) is 0 Å². The Morgan fingerprint density at radius 3 is 2.15 bits per heavy atom. The summed E-state index contributed by atoms with van der Waals surface area (Å²) in [6.07, 6.45) is 3.95. The molecule has 1 aromatic heterocycles. The molecule has 0 bridgehead atoms. The summed E-state index contributed by atoms with van der Waals surface area (Å²) in [7, 11) is 0. The molecule has 1 heterocycles. The van der Waals surface area contributed by atoms with Crippen LogP contribution in [0.2, 0.25) is 0 Å². The van der Waals surface area contributed by atoms with Gasteiger partial charge in [0, 0.05) is 17.3 Å². The Bertz CT molecular complexity index is 897. The van der Waals surface area contributed by atoms with Crippen LogP contribution in [0.1, 0.15) is 19.3 Å². The zero-order valence-electron chi connectivity index (χ0n) is 14.5. The Morgan fingerprint density at radius 2 is 1.50 bits per heavy atom. The molecule has 5 heteroatoms. The maximum Gasteiger partial charge on any atom is 0.232 e. The van der Waals surface area contributed by atoms with Crippen LogP contribution in [0.25, 0.3) is 11.4 Å². The SMILES string of the molecule is c1ccc(Nc2nc(N[C@@H]3CC4CC[C@@H]43)nc(-c3ccccc3)n2)cc1. The molecule has 5 nitrogen and oxygen atoms in total. The standard InChI is InChI=1S/C21H21N5/c1-3-7-14(8-4-1)19-24-20(22-16-9-5-2-6-10-16)26-21(25-19)23-18-13-15-11-12-17(15)18/h1-10,15,17-18H,11-13H2,(H2,22,23,24,25,26)/t15?,17-,18+/m0/s1. The number of aromatic nitrogens is 3. The van der Waals surface area contributed by atoms with Gasteiger partial charge in [0.2, 0.25) is 11.9 Å². The van der Waals surface area contributed by atoms with E-state index in [0.29, 0.717) is 23.8 Å². The van der Waals surface area contributed by atoms with E-state index in [2.05, 4.69) is 25.6 Å². The molecule has 2 aromatic carbocycles. The molecule has 1 unspecified atom stereocenters. The molecule has 0 spiro atoms. The van der Waals surface area contributed by atoms with Gasteiger partial charge in [-0.25, -0.2) is 0 Å². The Balaban J connectivity index is 1.46. The van der Waals surface area contributed by atoms with Crippen LogP contribution in [-0.4, -0.2) is 21.0 Å². The summed E-state index contributed by atoms with van der Waals surface area (Å²) in [4.78, 5) is 13.9. The van der Waals surface area contributed by atoms with Crippen LogP contribution in [0, 0.1) is 11.8 Å². The lowest BCUT2D eigenvalue weighted by molar-refractivity contribution is 0.0359. The summed E-state index contributed by atoms with van der Waals surface area (Å²) in [5, 5.41) is 6.84. The molecular weight excluding hydrogens is 322 g/mol. The van der Waals surface area contributed by atoms with Crippen LogP contribution in [-0.2, 0) is 0 Å². The summed E-state index contributed by atoms with van der Waals surface area (Å²) in [6, 6.07) is 20.5. The predicted octanol–water partition coefficient (Wildman–Crippen LogP) is 4.49. The highest BCUT2D eigenvalue weighted by Crippen LogP contribution is 2.50.